The summed E-state index contributed by atoms with van der Waals surface area (Å²) in [5.74, 6) is -0.943. The van der Waals surface area contributed by atoms with Crippen LogP contribution < -0.4 is 5.32 Å². The number of nitrogens with one attached hydrogen (secondary N) is 1. The molecule has 6 heteroatoms. The van der Waals surface area contributed by atoms with E-state index >= 15 is 0 Å². The van der Waals surface area contributed by atoms with Gasteiger partial charge in [0.15, 0.2) is 10.9 Å². The van der Waals surface area contributed by atoms with Gasteiger partial charge in [0.25, 0.3) is 5.91 Å². The molecule has 3 aromatic rings. The SMILES string of the molecule is Cc1nc(NC(=O)c2cccc(F)c2)sc1C(=O)CCc1ccccc1. The third-order valence-electron chi connectivity index (χ3n) is 3.84. The number of benzene rings is 2. The molecular formula is C20H17FN2O2S. The zero-order chi connectivity index (χ0) is 18.5. The Morgan fingerprint density at radius 3 is 2.62 bits per heavy atom. The van der Waals surface area contributed by atoms with Gasteiger partial charge in [0.1, 0.15) is 5.82 Å². The van der Waals surface area contributed by atoms with E-state index in [1.54, 1.807) is 6.92 Å². The molecule has 1 aromatic heterocycles. The van der Waals surface area contributed by atoms with E-state index in [1.807, 2.05) is 30.3 Å². The lowest BCUT2D eigenvalue weighted by atomic mass is 10.1. The predicted octanol–water partition coefficient (Wildman–Crippen LogP) is 4.66. The molecule has 1 heterocycles. The molecule has 26 heavy (non-hydrogen) atoms. The smallest absolute Gasteiger partial charge is 0.257 e. The monoisotopic (exact) mass is 368 g/mol. The van der Waals surface area contributed by atoms with Crippen molar-refractivity contribution >= 4 is 28.2 Å². The summed E-state index contributed by atoms with van der Waals surface area (Å²) in [6.45, 7) is 1.74. The Bertz CT molecular complexity index is 938. The number of rotatable bonds is 6. The summed E-state index contributed by atoms with van der Waals surface area (Å²) in [7, 11) is 0. The lowest BCUT2D eigenvalue weighted by Crippen LogP contribution is -2.11. The number of carbonyl (C=O) groups is 2. The van der Waals surface area contributed by atoms with Gasteiger partial charge in [-0.3, -0.25) is 14.9 Å². The zero-order valence-electron chi connectivity index (χ0n) is 14.2. The van der Waals surface area contributed by atoms with Gasteiger partial charge in [0.2, 0.25) is 0 Å². The Balaban J connectivity index is 1.66. The summed E-state index contributed by atoms with van der Waals surface area (Å²) >= 11 is 1.14. The van der Waals surface area contributed by atoms with Crippen LogP contribution >= 0.6 is 11.3 Å². The van der Waals surface area contributed by atoms with Crippen molar-refractivity contribution in [3.63, 3.8) is 0 Å². The fraction of sp³-hybridized carbons (Fsp3) is 0.150. The van der Waals surface area contributed by atoms with Gasteiger partial charge in [-0.25, -0.2) is 9.37 Å². The zero-order valence-corrected chi connectivity index (χ0v) is 15.0. The van der Waals surface area contributed by atoms with Crippen molar-refractivity contribution in [3.05, 3.63) is 82.1 Å². The fourth-order valence-electron chi connectivity index (χ4n) is 2.52. The van der Waals surface area contributed by atoms with Crippen molar-refractivity contribution in [3.8, 4) is 0 Å². The molecule has 0 saturated heterocycles. The first-order valence-corrected chi connectivity index (χ1v) is 8.96. The highest BCUT2D eigenvalue weighted by atomic mass is 32.1. The lowest BCUT2D eigenvalue weighted by molar-refractivity contribution is 0.0984. The average Bonchev–Trinajstić information content (AvgIpc) is 3.01. The van der Waals surface area contributed by atoms with Crippen LogP contribution in [0.5, 0.6) is 0 Å². The van der Waals surface area contributed by atoms with Gasteiger partial charge in [0.05, 0.1) is 10.6 Å². The average molecular weight is 368 g/mol. The van der Waals surface area contributed by atoms with Crippen LogP contribution in [-0.2, 0) is 6.42 Å². The number of Topliss-reactive ketones (excluding diaryl/α,β-unsaturated/α-hetero) is 1. The molecule has 4 nitrogen and oxygen atoms in total. The van der Waals surface area contributed by atoms with Crippen LogP contribution in [-0.4, -0.2) is 16.7 Å². The number of ketones is 1. The molecule has 0 spiro atoms. The number of nitrogens with zero attached hydrogens (tertiary/aromatic N) is 1. The second kappa shape index (κ2) is 8.01. The molecule has 1 amide bonds. The number of amides is 1. The molecule has 0 aliphatic carbocycles. The van der Waals surface area contributed by atoms with Gasteiger partial charge in [-0.2, -0.15) is 0 Å². The second-order valence-electron chi connectivity index (χ2n) is 5.81. The van der Waals surface area contributed by atoms with Crippen LogP contribution in [0.3, 0.4) is 0 Å². The van der Waals surface area contributed by atoms with Crippen LogP contribution in [0.1, 0.15) is 37.7 Å². The predicted molar refractivity (Wildman–Crippen MR) is 100 cm³/mol. The molecule has 0 saturated carbocycles. The van der Waals surface area contributed by atoms with E-state index in [4.69, 9.17) is 0 Å². The number of hydrogen-bond donors (Lipinski definition) is 1. The Morgan fingerprint density at radius 1 is 1.12 bits per heavy atom. The number of carbonyl (C=O) groups excluding carboxylic acids is 2. The molecule has 0 unspecified atom stereocenters. The molecule has 3 rings (SSSR count). The van der Waals surface area contributed by atoms with E-state index in [0.29, 0.717) is 28.5 Å². The molecule has 0 bridgehead atoms. The number of halogens is 1. The first-order chi connectivity index (χ1) is 12.5. The van der Waals surface area contributed by atoms with Gasteiger partial charge < -0.3 is 0 Å². The molecular weight excluding hydrogens is 351 g/mol. The van der Waals surface area contributed by atoms with Crippen molar-refractivity contribution in [1.29, 1.82) is 0 Å². The highest BCUT2D eigenvalue weighted by Crippen LogP contribution is 2.25. The normalized spacial score (nSPS) is 10.5. The van der Waals surface area contributed by atoms with Crippen molar-refractivity contribution in [2.45, 2.75) is 19.8 Å². The first kappa shape index (κ1) is 17.9. The molecule has 0 fully saturated rings. The largest absolute Gasteiger partial charge is 0.298 e. The maximum absolute atomic E-state index is 13.2. The number of thiazole rings is 1. The van der Waals surface area contributed by atoms with Crippen LogP contribution in [0.15, 0.2) is 54.6 Å². The van der Waals surface area contributed by atoms with Crippen molar-refractivity contribution in [2.75, 3.05) is 5.32 Å². The Labute approximate surface area is 154 Å². The van der Waals surface area contributed by atoms with Crippen LogP contribution in [0.25, 0.3) is 0 Å². The summed E-state index contributed by atoms with van der Waals surface area (Å²) in [5, 5.41) is 2.96. The molecule has 0 aliphatic heterocycles. The van der Waals surface area contributed by atoms with E-state index in [0.717, 1.165) is 23.0 Å². The number of aryl methyl sites for hydroxylation is 2. The van der Waals surface area contributed by atoms with E-state index in [-0.39, 0.29) is 11.3 Å². The molecule has 0 aliphatic rings. The van der Waals surface area contributed by atoms with Crippen LogP contribution in [0, 0.1) is 12.7 Å². The Morgan fingerprint density at radius 2 is 1.88 bits per heavy atom. The minimum atomic E-state index is -0.482. The summed E-state index contributed by atoms with van der Waals surface area (Å²) in [6, 6.07) is 15.2. The van der Waals surface area contributed by atoms with E-state index < -0.39 is 11.7 Å². The number of aromatic nitrogens is 1. The highest BCUT2D eigenvalue weighted by molar-refractivity contribution is 7.17. The third kappa shape index (κ3) is 4.40. The van der Waals surface area contributed by atoms with Gasteiger partial charge >= 0.3 is 0 Å². The maximum Gasteiger partial charge on any atom is 0.257 e. The number of anilines is 1. The molecule has 2 aromatic carbocycles. The second-order valence-corrected chi connectivity index (χ2v) is 6.81. The quantitative estimate of drug-likeness (QED) is 0.644. The maximum atomic E-state index is 13.2. The molecule has 132 valence electrons. The van der Waals surface area contributed by atoms with E-state index in [1.165, 1.54) is 18.2 Å². The minimum absolute atomic E-state index is 0.00453. The van der Waals surface area contributed by atoms with Crippen molar-refractivity contribution in [1.82, 2.24) is 4.98 Å². The van der Waals surface area contributed by atoms with E-state index in [9.17, 15) is 14.0 Å². The summed E-state index contributed by atoms with van der Waals surface area (Å²) in [4.78, 5) is 29.4. The fourth-order valence-corrected chi connectivity index (χ4v) is 3.45. The molecule has 0 radical (unpaired) electrons. The van der Waals surface area contributed by atoms with Gasteiger partial charge in [-0.1, -0.05) is 47.7 Å². The standard InChI is InChI=1S/C20H17FN2O2S/c1-13-18(17(24)11-10-14-6-3-2-4-7-14)26-20(22-13)23-19(25)15-8-5-9-16(21)12-15/h2-9,12H,10-11H2,1H3,(H,22,23,25). The number of hydrogen-bond acceptors (Lipinski definition) is 4. The van der Waals surface area contributed by atoms with Gasteiger partial charge in [0, 0.05) is 12.0 Å². The Kier molecular flexibility index (Phi) is 5.53. The van der Waals surface area contributed by atoms with Crippen LogP contribution in [0.4, 0.5) is 9.52 Å². The first-order valence-electron chi connectivity index (χ1n) is 8.14. The van der Waals surface area contributed by atoms with Gasteiger partial charge in [-0.15, -0.1) is 0 Å². The molecule has 1 N–H and O–H groups in total. The third-order valence-corrected chi connectivity index (χ3v) is 4.95. The van der Waals surface area contributed by atoms with Crippen LogP contribution in [0.2, 0.25) is 0 Å². The van der Waals surface area contributed by atoms with Crippen molar-refractivity contribution < 1.29 is 14.0 Å². The van der Waals surface area contributed by atoms with Gasteiger partial charge in [-0.05, 0) is 37.1 Å². The highest BCUT2D eigenvalue weighted by Gasteiger charge is 2.17. The Hall–Kier alpha value is -2.86. The minimum Gasteiger partial charge on any atom is -0.298 e. The lowest BCUT2D eigenvalue weighted by Gasteiger charge is -2.01. The van der Waals surface area contributed by atoms with Crippen molar-refractivity contribution in [2.24, 2.45) is 0 Å². The molecule has 0 atom stereocenters. The summed E-state index contributed by atoms with van der Waals surface area (Å²) in [5.41, 5.74) is 1.89. The summed E-state index contributed by atoms with van der Waals surface area (Å²) in [6.07, 6.45) is 1.03. The summed E-state index contributed by atoms with van der Waals surface area (Å²) < 4.78 is 13.2. The van der Waals surface area contributed by atoms with E-state index in [2.05, 4.69) is 10.3 Å². The topological polar surface area (TPSA) is 59.1 Å².